The Morgan fingerprint density at radius 1 is 1.25 bits per heavy atom. The summed E-state index contributed by atoms with van der Waals surface area (Å²) in [6, 6.07) is 0. The van der Waals surface area contributed by atoms with Gasteiger partial charge in [0.05, 0.1) is 0 Å². The van der Waals surface area contributed by atoms with Crippen molar-refractivity contribution in [2.75, 3.05) is 19.6 Å². The first-order valence-electron chi connectivity index (χ1n) is 5.65. The molecule has 0 bridgehead atoms. The molecular weight excluding hydrogens is 200 g/mol. The molecule has 0 saturated carbocycles. The van der Waals surface area contributed by atoms with Gasteiger partial charge in [0.25, 0.3) is 0 Å². The number of carbonyl (C=O) groups excluding carboxylic acids is 1. The molecule has 0 saturated heterocycles. The van der Waals surface area contributed by atoms with E-state index in [1.165, 1.54) is 0 Å². The van der Waals surface area contributed by atoms with Gasteiger partial charge in [-0.1, -0.05) is 12.2 Å². The average Bonchev–Trinajstić information content (AvgIpc) is 2.15. The monoisotopic (exact) mass is 224 g/mol. The van der Waals surface area contributed by atoms with Gasteiger partial charge in [-0.3, -0.25) is 4.79 Å². The zero-order valence-corrected chi connectivity index (χ0v) is 10.8. The number of amides is 1. The van der Waals surface area contributed by atoms with Crippen LogP contribution in [-0.4, -0.2) is 36.0 Å². The van der Waals surface area contributed by atoms with Gasteiger partial charge in [0.2, 0.25) is 5.91 Å². The van der Waals surface area contributed by atoms with Crippen LogP contribution in [0.4, 0.5) is 0 Å². The van der Waals surface area contributed by atoms with Crippen LogP contribution >= 0.6 is 0 Å². The summed E-state index contributed by atoms with van der Waals surface area (Å²) in [4.78, 5) is 13.5. The Morgan fingerprint density at radius 3 is 2.12 bits per heavy atom. The maximum atomic E-state index is 11.8. The van der Waals surface area contributed by atoms with E-state index in [-0.39, 0.29) is 11.4 Å². The van der Waals surface area contributed by atoms with Crippen LogP contribution in [0.25, 0.3) is 0 Å². The van der Waals surface area contributed by atoms with Crippen molar-refractivity contribution in [1.82, 2.24) is 10.2 Å². The summed E-state index contributed by atoms with van der Waals surface area (Å²) < 4.78 is 0. The fourth-order valence-corrected chi connectivity index (χ4v) is 1.29. The molecule has 0 rings (SSSR count). The number of carbonyl (C=O) groups is 1. The molecule has 0 aromatic heterocycles. The van der Waals surface area contributed by atoms with Gasteiger partial charge in [0, 0.05) is 31.6 Å². The van der Waals surface area contributed by atoms with Crippen LogP contribution in [0.5, 0.6) is 0 Å². The van der Waals surface area contributed by atoms with Gasteiger partial charge >= 0.3 is 0 Å². The molecule has 0 fully saturated rings. The Labute approximate surface area is 99.2 Å². The van der Waals surface area contributed by atoms with Crippen molar-refractivity contribution < 1.29 is 4.79 Å². The van der Waals surface area contributed by atoms with E-state index >= 15 is 0 Å². The van der Waals surface area contributed by atoms with E-state index in [0.29, 0.717) is 26.1 Å². The van der Waals surface area contributed by atoms with Crippen molar-refractivity contribution in [3.05, 3.63) is 25.3 Å². The molecule has 0 aromatic rings. The predicted molar refractivity (Wildman–Crippen MR) is 69.3 cm³/mol. The highest BCUT2D eigenvalue weighted by Gasteiger charge is 2.12. The normalized spacial score (nSPS) is 10.9. The van der Waals surface area contributed by atoms with Gasteiger partial charge in [-0.05, 0) is 20.8 Å². The summed E-state index contributed by atoms with van der Waals surface area (Å²) in [5.41, 5.74) is 0.0575. The molecule has 3 nitrogen and oxygen atoms in total. The first-order valence-corrected chi connectivity index (χ1v) is 5.65. The smallest absolute Gasteiger partial charge is 0.224 e. The molecule has 1 N–H and O–H groups in total. The molecule has 0 aliphatic heterocycles. The number of hydrogen-bond acceptors (Lipinski definition) is 2. The molecule has 0 aliphatic carbocycles. The van der Waals surface area contributed by atoms with E-state index in [0.717, 1.165) is 0 Å². The van der Waals surface area contributed by atoms with Crippen molar-refractivity contribution in [1.29, 1.82) is 0 Å². The van der Waals surface area contributed by atoms with Gasteiger partial charge < -0.3 is 10.2 Å². The van der Waals surface area contributed by atoms with Crippen LogP contribution in [0, 0.1) is 0 Å². The topological polar surface area (TPSA) is 32.3 Å². The van der Waals surface area contributed by atoms with Crippen LogP contribution in [0.1, 0.15) is 27.2 Å². The number of rotatable bonds is 7. The third-order valence-electron chi connectivity index (χ3n) is 2.05. The van der Waals surface area contributed by atoms with Crippen molar-refractivity contribution >= 4 is 5.91 Å². The molecule has 0 heterocycles. The van der Waals surface area contributed by atoms with Crippen molar-refractivity contribution in [2.45, 2.75) is 32.7 Å². The second-order valence-corrected chi connectivity index (χ2v) is 4.80. The quantitative estimate of drug-likeness (QED) is 0.671. The maximum Gasteiger partial charge on any atom is 0.224 e. The van der Waals surface area contributed by atoms with E-state index < -0.39 is 0 Å². The molecular formula is C13H24N2O. The molecule has 92 valence electrons. The fraction of sp³-hybridized carbons (Fsp3) is 0.615. The largest absolute Gasteiger partial charge is 0.335 e. The minimum Gasteiger partial charge on any atom is -0.335 e. The lowest BCUT2D eigenvalue weighted by Gasteiger charge is -2.23. The zero-order valence-electron chi connectivity index (χ0n) is 10.8. The van der Waals surface area contributed by atoms with Gasteiger partial charge in [0.1, 0.15) is 0 Å². The third-order valence-corrected chi connectivity index (χ3v) is 2.05. The van der Waals surface area contributed by atoms with Gasteiger partial charge in [0.15, 0.2) is 0 Å². The Bertz CT molecular complexity index is 231. The molecule has 1 amide bonds. The van der Waals surface area contributed by atoms with E-state index in [9.17, 15) is 4.79 Å². The Kier molecular flexibility index (Phi) is 6.74. The van der Waals surface area contributed by atoms with Crippen molar-refractivity contribution in [3.8, 4) is 0 Å². The Hall–Kier alpha value is -1.09. The van der Waals surface area contributed by atoms with Crippen LogP contribution in [0.15, 0.2) is 25.3 Å². The predicted octanol–water partition coefficient (Wildman–Crippen LogP) is 1.97. The van der Waals surface area contributed by atoms with E-state index in [1.54, 1.807) is 17.1 Å². The highest BCUT2D eigenvalue weighted by Crippen LogP contribution is 2.00. The highest BCUT2D eigenvalue weighted by atomic mass is 16.2. The fourth-order valence-electron chi connectivity index (χ4n) is 1.29. The maximum absolute atomic E-state index is 11.8. The minimum atomic E-state index is 0.0575. The standard InChI is InChI=1S/C13H24N2O/c1-6-10-15(11-7-2)12(16)8-9-14-13(3,4)5/h6-7,14H,1-2,8-11H2,3-5H3. The Morgan fingerprint density at radius 2 is 1.75 bits per heavy atom. The molecule has 3 heteroatoms. The molecule has 0 aliphatic rings. The van der Waals surface area contributed by atoms with Crippen molar-refractivity contribution in [2.24, 2.45) is 0 Å². The lowest BCUT2D eigenvalue weighted by molar-refractivity contribution is -0.130. The third kappa shape index (κ3) is 7.23. The van der Waals surface area contributed by atoms with Crippen LogP contribution in [0.2, 0.25) is 0 Å². The molecule has 0 atom stereocenters. The summed E-state index contributed by atoms with van der Waals surface area (Å²) in [7, 11) is 0. The Balaban J connectivity index is 4.00. The first kappa shape index (κ1) is 14.9. The second kappa shape index (κ2) is 7.23. The summed E-state index contributed by atoms with van der Waals surface area (Å²) in [6.45, 7) is 15.4. The van der Waals surface area contributed by atoms with Gasteiger partial charge in [-0.25, -0.2) is 0 Å². The second-order valence-electron chi connectivity index (χ2n) is 4.80. The summed E-state index contributed by atoms with van der Waals surface area (Å²) in [6.07, 6.45) is 3.98. The SMILES string of the molecule is C=CCN(CC=C)C(=O)CCNC(C)(C)C. The molecule has 0 aromatic carbocycles. The van der Waals surface area contributed by atoms with E-state index in [2.05, 4.69) is 39.2 Å². The lowest BCUT2D eigenvalue weighted by atomic mass is 10.1. The van der Waals surface area contributed by atoms with Gasteiger partial charge in [-0.15, -0.1) is 13.2 Å². The number of nitrogens with one attached hydrogen (secondary N) is 1. The minimum absolute atomic E-state index is 0.0575. The number of hydrogen-bond donors (Lipinski definition) is 1. The highest BCUT2D eigenvalue weighted by molar-refractivity contribution is 5.76. The molecule has 0 unspecified atom stereocenters. The first-order chi connectivity index (χ1) is 7.40. The summed E-state index contributed by atoms with van der Waals surface area (Å²) >= 11 is 0. The van der Waals surface area contributed by atoms with Crippen LogP contribution in [0.3, 0.4) is 0 Å². The van der Waals surface area contributed by atoms with E-state index in [1.807, 2.05) is 0 Å². The molecule has 0 spiro atoms. The molecule has 16 heavy (non-hydrogen) atoms. The van der Waals surface area contributed by atoms with E-state index in [4.69, 9.17) is 0 Å². The number of nitrogens with zero attached hydrogens (tertiary/aromatic N) is 1. The zero-order chi connectivity index (χ0) is 12.6. The van der Waals surface area contributed by atoms with Gasteiger partial charge in [-0.2, -0.15) is 0 Å². The summed E-state index contributed by atoms with van der Waals surface area (Å²) in [5, 5.41) is 3.29. The van der Waals surface area contributed by atoms with Crippen LogP contribution < -0.4 is 5.32 Å². The van der Waals surface area contributed by atoms with Crippen molar-refractivity contribution in [3.63, 3.8) is 0 Å². The summed E-state index contributed by atoms with van der Waals surface area (Å²) in [5.74, 6) is 0.136. The lowest BCUT2D eigenvalue weighted by Crippen LogP contribution is -2.39. The molecule has 0 radical (unpaired) electrons. The average molecular weight is 224 g/mol. The van der Waals surface area contributed by atoms with Crippen LogP contribution in [-0.2, 0) is 4.79 Å².